The lowest BCUT2D eigenvalue weighted by Gasteiger charge is -2.32. The Kier molecular flexibility index (Phi) is 5.29. The highest BCUT2D eigenvalue weighted by Gasteiger charge is 2.40. The maximum Gasteiger partial charge on any atom is 0.135 e. The van der Waals surface area contributed by atoms with Crippen LogP contribution in [0.2, 0.25) is 0 Å². The third-order valence-electron chi connectivity index (χ3n) is 8.96. The van der Waals surface area contributed by atoms with Crippen LogP contribution in [-0.4, -0.2) is 18.3 Å². The van der Waals surface area contributed by atoms with Gasteiger partial charge in [-0.25, -0.2) is 0 Å². The van der Waals surface area contributed by atoms with Crippen LogP contribution >= 0.6 is 0 Å². The fourth-order valence-corrected chi connectivity index (χ4v) is 7.16. The Labute approximate surface area is 233 Å². The fourth-order valence-electron chi connectivity index (χ4n) is 7.16. The molecule has 192 valence electrons. The predicted octanol–water partition coefficient (Wildman–Crippen LogP) is 6.25. The van der Waals surface area contributed by atoms with Crippen molar-refractivity contribution in [2.45, 2.75) is 31.2 Å². The number of allylic oxidation sites excluding steroid dienone is 4. The van der Waals surface area contributed by atoms with E-state index in [1.54, 1.807) is 0 Å². The van der Waals surface area contributed by atoms with Crippen molar-refractivity contribution in [3.05, 3.63) is 113 Å². The van der Waals surface area contributed by atoms with Crippen molar-refractivity contribution < 1.29 is 4.42 Å². The van der Waals surface area contributed by atoms with Gasteiger partial charge in [0.2, 0.25) is 0 Å². The number of aliphatic imine (C=N–C) groups is 1. The number of furan rings is 1. The van der Waals surface area contributed by atoms with Crippen LogP contribution in [0.25, 0.3) is 28.7 Å². The first-order chi connectivity index (χ1) is 19.8. The minimum Gasteiger partial charge on any atom is -0.456 e. The molecule has 0 radical (unpaired) electrons. The van der Waals surface area contributed by atoms with Gasteiger partial charge in [-0.1, -0.05) is 66.8 Å². The minimum absolute atomic E-state index is 0.117. The summed E-state index contributed by atoms with van der Waals surface area (Å²) >= 11 is 0. The van der Waals surface area contributed by atoms with Crippen LogP contribution in [-0.2, 0) is 0 Å². The third kappa shape index (κ3) is 3.50. The van der Waals surface area contributed by atoms with E-state index in [0.717, 1.165) is 53.4 Å². The Morgan fingerprint density at radius 3 is 2.88 bits per heavy atom. The fraction of sp³-hybridized carbons (Fsp3) is 0.222. The van der Waals surface area contributed by atoms with Gasteiger partial charge in [0.25, 0.3) is 0 Å². The average Bonchev–Trinajstić information content (AvgIpc) is 3.55. The van der Waals surface area contributed by atoms with Gasteiger partial charge in [0.1, 0.15) is 22.8 Å². The highest BCUT2D eigenvalue weighted by Crippen LogP contribution is 2.49. The van der Waals surface area contributed by atoms with Crippen LogP contribution in [0, 0.1) is 35.3 Å². The van der Waals surface area contributed by atoms with E-state index in [9.17, 15) is 5.26 Å². The van der Waals surface area contributed by atoms with Crippen molar-refractivity contribution in [2.24, 2.45) is 16.8 Å². The standard InChI is InChI=1S/C36H27N3O/c37-22-31-25(14-8-18-38-31)23-9-7-10-24(19-23)26-11-1-4-15-32(26)39-33-16-5-2-12-27(33)29-21-36-30(20-34(29)39)28-13-3-6-17-35(28)40-36/h2-7,9-10,12-13,15-17,20-21,23,25,29,34H,8,14,18-19H2. The molecule has 4 aromatic rings. The number of fused-ring (bicyclic) bond motifs is 6. The summed E-state index contributed by atoms with van der Waals surface area (Å²) in [7, 11) is 0. The molecule has 40 heavy (non-hydrogen) atoms. The summed E-state index contributed by atoms with van der Waals surface area (Å²) in [6.45, 7) is 0.766. The summed E-state index contributed by atoms with van der Waals surface area (Å²) in [5.41, 5.74) is 8.56. The maximum atomic E-state index is 9.74. The van der Waals surface area contributed by atoms with Gasteiger partial charge in [0, 0.05) is 34.7 Å². The molecule has 0 spiro atoms. The molecular weight excluding hydrogens is 490 g/mol. The number of nitrogens with zero attached hydrogens (tertiary/aromatic N) is 3. The van der Waals surface area contributed by atoms with Crippen LogP contribution in [0.15, 0.2) is 88.3 Å². The molecule has 3 aromatic carbocycles. The van der Waals surface area contributed by atoms with Gasteiger partial charge < -0.3 is 9.32 Å². The molecule has 2 aliphatic heterocycles. The number of benzene rings is 2. The Morgan fingerprint density at radius 1 is 1.02 bits per heavy atom. The molecule has 4 heteroatoms. The summed E-state index contributed by atoms with van der Waals surface area (Å²) in [4.78, 5) is 7.04. The third-order valence-corrected chi connectivity index (χ3v) is 8.96. The van der Waals surface area contributed by atoms with Crippen LogP contribution < -0.4 is 15.5 Å². The van der Waals surface area contributed by atoms with Crippen molar-refractivity contribution in [1.82, 2.24) is 0 Å². The molecule has 4 nitrogen and oxygen atoms in total. The molecule has 0 saturated carbocycles. The van der Waals surface area contributed by atoms with Crippen LogP contribution in [0.4, 0.5) is 11.4 Å². The molecule has 1 aromatic heterocycles. The number of hydrogen-bond donors (Lipinski definition) is 0. The van der Waals surface area contributed by atoms with Crippen molar-refractivity contribution in [2.75, 3.05) is 11.4 Å². The molecular formula is C36H27N3O. The zero-order chi connectivity index (χ0) is 26.6. The molecule has 8 rings (SSSR count). The van der Waals surface area contributed by atoms with E-state index in [-0.39, 0.29) is 23.8 Å². The second kappa shape index (κ2) is 9.15. The maximum absolute atomic E-state index is 9.74. The molecule has 3 heterocycles. The zero-order valence-corrected chi connectivity index (χ0v) is 22.0. The summed E-state index contributed by atoms with van der Waals surface area (Å²) < 4.78 is 6.30. The van der Waals surface area contributed by atoms with Crippen molar-refractivity contribution in [3.8, 4) is 6.07 Å². The Bertz CT molecular complexity index is 1920. The zero-order valence-electron chi connectivity index (χ0n) is 22.0. The number of hydrogen-bond acceptors (Lipinski definition) is 4. The van der Waals surface area contributed by atoms with Gasteiger partial charge in [-0.2, -0.15) is 5.26 Å². The van der Waals surface area contributed by atoms with Crippen molar-refractivity contribution >= 4 is 45.8 Å². The second-order valence-corrected chi connectivity index (χ2v) is 11.1. The van der Waals surface area contributed by atoms with Crippen LogP contribution in [0.3, 0.4) is 0 Å². The van der Waals surface area contributed by atoms with E-state index in [2.05, 4.69) is 101 Å². The van der Waals surface area contributed by atoms with Gasteiger partial charge in [0.15, 0.2) is 0 Å². The normalized spacial score (nSPS) is 24.4. The largest absolute Gasteiger partial charge is 0.456 e. The number of para-hydroxylation sites is 2. The summed E-state index contributed by atoms with van der Waals surface area (Å²) in [6, 6.07) is 30.4. The first-order valence-electron chi connectivity index (χ1n) is 14.1. The minimum atomic E-state index is 0.117. The van der Waals surface area contributed by atoms with E-state index >= 15 is 0 Å². The predicted molar refractivity (Wildman–Crippen MR) is 159 cm³/mol. The molecule has 2 aliphatic carbocycles. The van der Waals surface area contributed by atoms with Crippen molar-refractivity contribution in [1.29, 1.82) is 5.26 Å². The highest BCUT2D eigenvalue weighted by atomic mass is 16.3. The summed E-state index contributed by atoms with van der Waals surface area (Å²) in [5, 5.41) is 12.1. The second-order valence-electron chi connectivity index (χ2n) is 11.1. The van der Waals surface area contributed by atoms with Crippen molar-refractivity contribution in [3.63, 3.8) is 0 Å². The van der Waals surface area contributed by atoms with Gasteiger partial charge in [-0.15, -0.1) is 0 Å². The number of nitriles is 1. The molecule has 0 amide bonds. The number of rotatable bonds is 3. The highest BCUT2D eigenvalue weighted by molar-refractivity contribution is 6.01. The molecule has 0 N–H and O–H groups in total. The smallest absolute Gasteiger partial charge is 0.135 e. The first kappa shape index (κ1) is 23.1. The summed E-state index contributed by atoms with van der Waals surface area (Å²) in [5.74, 6) is 0.625. The Morgan fingerprint density at radius 2 is 1.93 bits per heavy atom. The lowest BCUT2D eigenvalue weighted by Crippen LogP contribution is -2.37. The molecule has 4 atom stereocenters. The first-order valence-corrected chi connectivity index (χ1v) is 14.1. The monoisotopic (exact) mass is 517 g/mol. The molecule has 4 aliphatic rings. The summed E-state index contributed by atoms with van der Waals surface area (Å²) in [6.07, 6.45) is 14.2. The SMILES string of the molecule is N#CC1=NCCCC1C1C=CC=C(c2c#cccc2N2c3ccccc3C3C=c4oc5ccccc5c4=CC32)C1. The molecule has 0 saturated heterocycles. The lowest BCUT2D eigenvalue weighted by atomic mass is 9.76. The van der Waals surface area contributed by atoms with Gasteiger partial charge in [0.05, 0.1) is 17.3 Å². The van der Waals surface area contributed by atoms with E-state index in [1.807, 2.05) is 18.2 Å². The topological polar surface area (TPSA) is 52.5 Å². The molecule has 0 bridgehead atoms. The molecule has 0 fully saturated rings. The van der Waals surface area contributed by atoms with E-state index in [4.69, 9.17) is 4.42 Å². The average molecular weight is 518 g/mol. The number of anilines is 2. The Balaban J connectivity index is 1.24. The van der Waals surface area contributed by atoms with E-state index in [1.165, 1.54) is 22.0 Å². The molecule has 4 unspecified atom stereocenters. The van der Waals surface area contributed by atoms with Gasteiger partial charge in [-0.05, 0) is 72.7 Å². The van der Waals surface area contributed by atoms with Gasteiger partial charge >= 0.3 is 0 Å². The van der Waals surface area contributed by atoms with E-state index in [0.29, 0.717) is 5.71 Å². The lowest BCUT2D eigenvalue weighted by molar-refractivity contribution is 0.452. The quantitative estimate of drug-likeness (QED) is 0.323. The van der Waals surface area contributed by atoms with E-state index < -0.39 is 0 Å². The Hall–Kier alpha value is -4.80. The van der Waals surface area contributed by atoms with Crippen LogP contribution in [0.1, 0.15) is 36.3 Å². The van der Waals surface area contributed by atoms with Crippen LogP contribution in [0.5, 0.6) is 0 Å². The van der Waals surface area contributed by atoms with Gasteiger partial charge in [-0.3, -0.25) is 4.99 Å².